The highest BCUT2D eigenvalue weighted by Crippen LogP contribution is 2.15. The molecule has 1 heterocycles. The Morgan fingerprint density at radius 1 is 1.33 bits per heavy atom. The lowest BCUT2D eigenvalue weighted by molar-refractivity contribution is -0.139. The molecule has 21 heavy (non-hydrogen) atoms. The minimum absolute atomic E-state index is 0.00140. The van der Waals surface area contributed by atoms with Gasteiger partial charge in [0.1, 0.15) is 0 Å². The number of carbonyl (C=O) groups is 2. The smallest absolute Gasteiger partial charge is 0.304 e. The molecule has 1 amide bonds. The molecule has 118 valence electrons. The van der Waals surface area contributed by atoms with Crippen molar-refractivity contribution in [2.45, 2.75) is 39.3 Å². The molecule has 0 spiro atoms. The molecule has 0 aliphatic carbocycles. The molecule has 0 aliphatic heterocycles. The zero-order valence-electron chi connectivity index (χ0n) is 13.1. The summed E-state index contributed by atoms with van der Waals surface area (Å²) >= 11 is 1.61. The van der Waals surface area contributed by atoms with Gasteiger partial charge in [0.05, 0.1) is 13.0 Å². The van der Waals surface area contributed by atoms with Crippen LogP contribution in [-0.4, -0.2) is 52.5 Å². The van der Waals surface area contributed by atoms with Crippen molar-refractivity contribution >= 4 is 23.2 Å². The van der Waals surface area contributed by atoms with E-state index in [1.807, 2.05) is 42.5 Å². The summed E-state index contributed by atoms with van der Waals surface area (Å²) < 4.78 is 0. The topological polar surface area (TPSA) is 60.9 Å². The van der Waals surface area contributed by atoms with Crippen molar-refractivity contribution in [3.05, 3.63) is 22.4 Å². The molecule has 0 atom stereocenters. The second kappa shape index (κ2) is 7.56. The fraction of sp³-hybridized carbons (Fsp3) is 0.600. The Morgan fingerprint density at radius 2 is 2.00 bits per heavy atom. The number of nitrogens with zero attached hydrogens (tertiary/aromatic N) is 2. The highest BCUT2D eigenvalue weighted by Gasteiger charge is 2.25. The van der Waals surface area contributed by atoms with Gasteiger partial charge in [0.25, 0.3) is 0 Å². The van der Waals surface area contributed by atoms with Crippen molar-refractivity contribution in [3.8, 4) is 0 Å². The molecule has 0 radical (unpaired) electrons. The third-order valence-electron chi connectivity index (χ3n) is 3.30. The van der Waals surface area contributed by atoms with Crippen molar-refractivity contribution in [1.82, 2.24) is 9.80 Å². The molecule has 6 heteroatoms. The maximum Gasteiger partial charge on any atom is 0.304 e. The number of aliphatic carboxylic acids is 1. The molecule has 1 aromatic heterocycles. The number of amides is 1. The summed E-state index contributed by atoms with van der Waals surface area (Å²) in [5.41, 5.74) is 0.873. The lowest BCUT2D eigenvalue weighted by Crippen LogP contribution is -2.48. The van der Waals surface area contributed by atoms with Crippen LogP contribution in [0.3, 0.4) is 0 Å². The summed E-state index contributed by atoms with van der Waals surface area (Å²) in [6, 6.07) is 2.00. The van der Waals surface area contributed by atoms with Crippen LogP contribution in [0.4, 0.5) is 0 Å². The Bertz CT molecular complexity index is 466. The van der Waals surface area contributed by atoms with Gasteiger partial charge in [-0.25, -0.2) is 0 Å². The maximum atomic E-state index is 12.3. The molecule has 1 aromatic rings. The van der Waals surface area contributed by atoms with Gasteiger partial charge in [0.15, 0.2) is 0 Å². The first-order valence-electron chi connectivity index (χ1n) is 6.92. The number of carboxylic acids is 1. The Morgan fingerprint density at radius 3 is 2.48 bits per heavy atom. The molecule has 0 bridgehead atoms. The van der Waals surface area contributed by atoms with Crippen LogP contribution in [0.25, 0.3) is 0 Å². The number of hydrogen-bond donors (Lipinski definition) is 1. The van der Waals surface area contributed by atoms with E-state index in [1.165, 1.54) is 0 Å². The zero-order chi connectivity index (χ0) is 16.0. The lowest BCUT2D eigenvalue weighted by Gasteiger charge is -2.35. The van der Waals surface area contributed by atoms with Crippen LogP contribution in [0.5, 0.6) is 0 Å². The second-order valence-corrected chi connectivity index (χ2v) is 6.90. The number of carbonyl (C=O) groups excluding carboxylic acids is 1. The Balaban J connectivity index is 2.60. The van der Waals surface area contributed by atoms with E-state index in [-0.39, 0.29) is 24.4 Å². The predicted molar refractivity (Wildman–Crippen MR) is 84.4 cm³/mol. The van der Waals surface area contributed by atoms with E-state index in [4.69, 9.17) is 5.11 Å². The summed E-state index contributed by atoms with van der Waals surface area (Å²) in [6.45, 7) is 7.15. The van der Waals surface area contributed by atoms with Crippen molar-refractivity contribution in [2.24, 2.45) is 0 Å². The van der Waals surface area contributed by atoms with Gasteiger partial charge in [-0.1, -0.05) is 0 Å². The summed E-state index contributed by atoms with van der Waals surface area (Å²) in [5, 5.41) is 12.8. The van der Waals surface area contributed by atoms with Gasteiger partial charge in [-0.05, 0) is 43.2 Å². The first kappa shape index (κ1) is 17.7. The molecular formula is C15H24N2O3S. The van der Waals surface area contributed by atoms with E-state index >= 15 is 0 Å². The minimum atomic E-state index is -0.844. The summed E-state index contributed by atoms with van der Waals surface area (Å²) in [7, 11) is 1.78. The molecular weight excluding hydrogens is 288 g/mol. The van der Waals surface area contributed by atoms with Gasteiger partial charge >= 0.3 is 5.97 Å². The second-order valence-electron chi connectivity index (χ2n) is 6.12. The summed E-state index contributed by atoms with van der Waals surface area (Å²) in [4.78, 5) is 26.6. The van der Waals surface area contributed by atoms with Crippen LogP contribution in [0.15, 0.2) is 16.8 Å². The van der Waals surface area contributed by atoms with Crippen LogP contribution in [0.1, 0.15) is 32.8 Å². The molecule has 5 nitrogen and oxygen atoms in total. The standard InChI is InChI=1S/C15H24N2O3S/c1-15(2,3)17(7-5-14(19)20)10-13(18)16(4)9-12-6-8-21-11-12/h6,8,11H,5,7,9-10H2,1-4H3,(H,19,20). The SMILES string of the molecule is CN(Cc1ccsc1)C(=O)CN(CCC(=O)O)C(C)(C)C. The minimum Gasteiger partial charge on any atom is -0.481 e. The maximum absolute atomic E-state index is 12.3. The van der Waals surface area contributed by atoms with Gasteiger partial charge < -0.3 is 10.0 Å². The van der Waals surface area contributed by atoms with E-state index in [0.29, 0.717) is 13.1 Å². The Labute approximate surface area is 130 Å². The number of likely N-dealkylation sites (N-methyl/N-ethyl adjacent to an activating group) is 1. The van der Waals surface area contributed by atoms with Gasteiger partial charge in [0, 0.05) is 25.7 Å². The molecule has 0 saturated carbocycles. The molecule has 0 saturated heterocycles. The molecule has 1 rings (SSSR count). The quantitative estimate of drug-likeness (QED) is 0.839. The Kier molecular flexibility index (Phi) is 6.36. The number of carboxylic acid groups (broad SMARTS) is 1. The third kappa shape index (κ3) is 6.27. The van der Waals surface area contributed by atoms with Crippen molar-refractivity contribution in [3.63, 3.8) is 0 Å². The lowest BCUT2D eigenvalue weighted by atomic mass is 10.1. The monoisotopic (exact) mass is 312 g/mol. The third-order valence-corrected chi connectivity index (χ3v) is 4.03. The zero-order valence-corrected chi connectivity index (χ0v) is 13.9. The highest BCUT2D eigenvalue weighted by molar-refractivity contribution is 7.07. The first-order chi connectivity index (χ1) is 9.70. The number of rotatable bonds is 7. The molecule has 1 N–H and O–H groups in total. The van der Waals surface area contributed by atoms with Gasteiger partial charge in [-0.3, -0.25) is 14.5 Å². The highest BCUT2D eigenvalue weighted by atomic mass is 32.1. The molecule has 0 fully saturated rings. The summed E-state index contributed by atoms with van der Waals surface area (Å²) in [6.07, 6.45) is 0.0405. The average Bonchev–Trinajstić information content (AvgIpc) is 2.85. The fourth-order valence-electron chi connectivity index (χ4n) is 1.91. The van der Waals surface area contributed by atoms with Gasteiger partial charge in [0.2, 0.25) is 5.91 Å². The molecule has 0 unspecified atom stereocenters. The van der Waals surface area contributed by atoms with Gasteiger partial charge in [-0.2, -0.15) is 11.3 Å². The van der Waals surface area contributed by atoms with Crippen LogP contribution in [-0.2, 0) is 16.1 Å². The van der Waals surface area contributed by atoms with Crippen molar-refractivity contribution < 1.29 is 14.7 Å². The number of thiophene rings is 1. The summed E-state index contributed by atoms with van der Waals surface area (Å²) in [5.74, 6) is -0.843. The number of hydrogen-bond acceptors (Lipinski definition) is 4. The van der Waals surface area contributed by atoms with Crippen molar-refractivity contribution in [1.29, 1.82) is 0 Å². The van der Waals surface area contributed by atoms with E-state index in [2.05, 4.69) is 0 Å². The van der Waals surface area contributed by atoms with E-state index < -0.39 is 5.97 Å². The normalized spacial score (nSPS) is 11.7. The largest absolute Gasteiger partial charge is 0.481 e. The van der Waals surface area contributed by atoms with Crippen LogP contribution in [0.2, 0.25) is 0 Å². The van der Waals surface area contributed by atoms with E-state index in [0.717, 1.165) is 5.56 Å². The average molecular weight is 312 g/mol. The Hall–Kier alpha value is -1.40. The van der Waals surface area contributed by atoms with Gasteiger partial charge in [-0.15, -0.1) is 0 Å². The van der Waals surface area contributed by atoms with Crippen LogP contribution in [0, 0.1) is 0 Å². The fourth-order valence-corrected chi connectivity index (χ4v) is 2.57. The van der Waals surface area contributed by atoms with E-state index in [1.54, 1.807) is 23.3 Å². The first-order valence-corrected chi connectivity index (χ1v) is 7.86. The molecule has 0 aromatic carbocycles. The van der Waals surface area contributed by atoms with Crippen molar-refractivity contribution in [2.75, 3.05) is 20.1 Å². The molecule has 0 aliphatic rings. The van der Waals surface area contributed by atoms with E-state index in [9.17, 15) is 9.59 Å². The predicted octanol–water partition coefficient (Wildman–Crippen LogP) is 2.28. The van der Waals surface area contributed by atoms with Crippen LogP contribution < -0.4 is 0 Å². The van der Waals surface area contributed by atoms with Crippen LogP contribution >= 0.6 is 11.3 Å².